The second-order valence-electron chi connectivity index (χ2n) is 12.0. The Kier molecular flexibility index (Phi) is 11.9. The van der Waals surface area contributed by atoms with Crippen molar-refractivity contribution in [2.24, 2.45) is 11.8 Å². The van der Waals surface area contributed by atoms with E-state index in [1.54, 1.807) is 18.3 Å². The molecule has 0 unspecified atom stereocenters. The van der Waals surface area contributed by atoms with Gasteiger partial charge in [-0.1, -0.05) is 58.6 Å². The minimum atomic E-state index is -0.471. The van der Waals surface area contributed by atoms with Gasteiger partial charge >= 0.3 is 0 Å². The Morgan fingerprint density at radius 3 is 2.51 bits per heavy atom. The molecule has 1 aromatic carbocycles. The van der Waals surface area contributed by atoms with Gasteiger partial charge in [-0.05, 0) is 63.4 Å². The van der Waals surface area contributed by atoms with E-state index in [4.69, 9.17) is 4.98 Å². The van der Waals surface area contributed by atoms with Crippen molar-refractivity contribution in [3.05, 3.63) is 40.9 Å². The third-order valence-corrected chi connectivity index (χ3v) is 8.80. The first-order valence-electron chi connectivity index (χ1n) is 14.6. The van der Waals surface area contributed by atoms with E-state index >= 15 is 0 Å². The summed E-state index contributed by atoms with van der Waals surface area (Å²) < 4.78 is 1.12. The maximum atomic E-state index is 13.6. The zero-order chi connectivity index (χ0) is 28.5. The summed E-state index contributed by atoms with van der Waals surface area (Å²) in [4.78, 5) is 45.3. The topological polar surface area (TPSA) is 79.4 Å². The molecule has 1 aliphatic rings. The molecule has 214 valence electrons. The fraction of sp³-hybridized carbons (Fsp3) is 0.625. The van der Waals surface area contributed by atoms with Gasteiger partial charge in [0.1, 0.15) is 5.78 Å². The van der Waals surface area contributed by atoms with Crippen molar-refractivity contribution in [2.45, 2.75) is 96.9 Å². The number of benzene rings is 1. The van der Waals surface area contributed by atoms with Crippen LogP contribution in [0.1, 0.15) is 95.0 Å². The Balaban J connectivity index is 1.72. The molecular weight excluding hydrogens is 506 g/mol. The lowest BCUT2D eigenvalue weighted by Crippen LogP contribution is -2.41. The average molecular weight is 554 g/mol. The second-order valence-corrected chi connectivity index (χ2v) is 13.2. The highest BCUT2D eigenvalue weighted by atomic mass is 32.1. The van der Waals surface area contributed by atoms with Crippen LogP contribution in [-0.2, 0) is 20.8 Å². The molecule has 1 N–H and O–H groups in total. The largest absolute Gasteiger partial charge is 0.353 e. The van der Waals surface area contributed by atoms with E-state index in [1.807, 2.05) is 25.1 Å². The lowest BCUT2D eigenvalue weighted by atomic mass is 9.83. The SMILES string of the molecule is C=C(CN(C)C)C(=O)CC[C@H](CC1CCCCC1)NC(=O)[C@@H](CC(C)=O)Cc1nc2ccc(C(C)C)cc2s1. The van der Waals surface area contributed by atoms with Gasteiger partial charge in [-0.3, -0.25) is 9.59 Å². The molecule has 3 rings (SSSR count). The minimum absolute atomic E-state index is 0.00246. The minimum Gasteiger partial charge on any atom is -0.353 e. The maximum absolute atomic E-state index is 13.6. The van der Waals surface area contributed by atoms with Gasteiger partial charge in [0.05, 0.1) is 21.1 Å². The number of carbonyl (C=O) groups is 3. The third kappa shape index (κ3) is 9.95. The quantitative estimate of drug-likeness (QED) is 0.255. The number of amides is 1. The highest BCUT2D eigenvalue weighted by Crippen LogP contribution is 2.30. The third-order valence-electron chi connectivity index (χ3n) is 7.76. The molecule has 0 bridgehead atoms. The zero-order valence-corrected chi connectivity index (χ0v) is 25.4. The van der Waals surface area contributed by atoms with Crippen LogP contribution in [0.5, 0.6) is 0 Å². The number of carbonyl (C=O) groups excluding carboxylic acids is 3. The molecule has 1 saturated carbocycles. The summed E-state index contributed by atoms with van der Waals surface area (Å²) in [6.07, 6.45) is 8.56. The van der Waals surface area contributed by atoms with Gasteiger partial charge in [-0.15, -0.1) is 11.3 Å². The molecule has 7 heteroatoms. The van der Waals surface area contributed by atoms with Crippen LogP contribution < -0.4 is 5.32 Å². The molecule has 0 aliphatic heterocycles. The van der Waals surface area contributed by atoms with E-state index in [0.29, 0.717) is 43.2 Å². The van der Waals surface area contributed by atoms with Crippen molar-refractivity contribution in [2.75, 3.05) is 20.6 Å². The van der Waals surface area contributed by atoms with E-state index in [-0.39, 0.29) is 29.9 Å². The summed E-state index contributed by atoms with van der Waals surface area (Å²) in [7, 11) is 3.85. The molecule has 39 heavy (non-hydrogen) atoms. The first-order chi connectivity index (χ1) is 18.5. The molecule has 2 aromatic rings. The summed E-state index contributed by atoms with van der Waals surface area (Å²) in [6, 6.07) is 6.25. The van der Waals surface area contributed by atoms with Crippen molar-refractivity contribution in [3.63, 3.8) is 0 Å². The lowest BCUT2D eigenvalue weighted by molar-refractivity contribution is -0.129. The van der Waals surface area contributed by atoms with E-state index in [1.165, 1.54) is 37.7 Å². The Bertz CT molecular complexity index is 1150. The van der Waals surface area contributed by atoms with E-state index in [9.17, 15) is 14.4 Å². The number of ketones is 2. The van der Waals surface area contributed by atoms with Gasteiger partial charge < -0.3 is 15.0 Å². The molecule has 1 aromatic heterocycles. The monoisotopic (exact) mass is 553 g/mol. The number of likely N-dealkylation sites (N-methyl/N-ethyl adjacent to an activating group) is 1. The number of hydrogen-bond acceptors (Lipinski definition) is 6. The summed E-state index contributed by atoms with van der Waals surface area (Å²) in [5, 5.41) is 4.16. The molecule has 2 atom stereocenters. The zero-order valence-electron chi connectivity index (χ0n) is 24.6. The highest BCUT2D eigenvalue weighted by Gasteiger charge is 2.27. The number of hydrogen-bond donors (Lipinski definition) is 1. The standard InChI is InChI=1S/C32H47N3O3S/c1-21(2)25-12-14-28-30(18-25)39-31(34-28)19-26(16-23(4)36)32(38)33-27(17-24-10-8-7-9-11-24)13-15-29(37)22(3)20-35(5)6/h12,14,18,21,24,26-27H,3,7-11,13,15-17,19-20H2,1-2,4-6H3,(H,33,38)/t26-,27+/m0/s1. The van der Waals surface area contributed by atoms with Crippen LogP contribution in [0.4, 0.5) is 0 Å². The van der Waals surface area contributed by atoms with Crippen LogP contribution in [0.25, 0.3) is 10.2 Å². The first kappa shape index (κ1) is 31.2. The highest BCUT2D eigenvalue weighted by molar-refractivity contribution is 7.18. The van der Waals surface area contributed by atoms with E-state index < -0.39 is 5.92 Å². The summed E-state index contributed by atoms with van der Waals surface area (Å²) in [5.74, 6) is 0.479. The predicted octanol–water partition coefficient (Wildman–Crippen LogP) is 6.48. The van der Waals surface area contributed by atoms with Gasteiger partial charge in [0.25, 0.3) is 0 Å². The smallest absolute Gasteiger partial charge is 0.224 e. The number of aromatic nitrogens is 1. The van der Waals surface area contributed by atoms with Crippen molar-refractivity contribution < 1.29 is 14.4 Å². The predicted molar refractivity (Wildman–Crippen MR) is 161 cm³/mol. The van der Waals surface area contributed by atoms with Crippen molar-refractivity contribution >= 4 is 39.0 Å². The van der Waals surface area contributed by atoms with E-state index in [0.717, 1.165) is 21.6 Å². The Morgan fingerprint density at radius 2 is 1.87 bits per heavy atom. The fourth-order valence-corrected chi connectivity index (χ4v) is 6.69. The Labute approximate surface area is 238 Å². The van der Waals surface area contributed by atoms with Gasteiger partial charge in [-0.2, -0.15) is 0 Å². The fourth-order valence-electron chi connectivity index (χ4n) is 5.60. The van der Waals surface area contributed by atoms with Crippen LogP contribution >= 0.6 is 11.3 Å². The molecule has 1 fully saturated rings. The molecule has 1 amide bonds. The van der Waals surface area contributed by atoms with Gasteiger partial charge in [0, 0.05) is 37.4 Å². The maximum Gasteiger partial charge on any atom is 0.224 e. The van der Waals surface area contributed by atoms with Crippen LogP contribution in [0.2, 0.25) is 0 Å². The lowest BCUT2D eigenvalue weighted by Gasteiger charge is -2.28. The number of fused-ring (bicyclic) bond motifs is 1. The van der Waals surface area contributed by atoms with Crippen molar-refractivity contribution in [3.8, 4) is 0 Å². The number of thiazole rings is 1. The molecule has 6 nitrogen and oxygen atoms in total. The van der Waals surface area contributed by atoms with Crippen molar-refractivity contribution in [1.82, 2.24) is 15.2 Å². The molecular formula is C32H47N3O3S. The summed E-state index contributed by atoms with van der Waals surface area (Å²) >= 11 is 1.61. The molecule has 0 spiro atoms. The van der Waals surface area contributed by atoms with Crippen LogP contribution in [0.15, 0.2) is 30.4 Å². The van der Waals surface area contributed by atoms with Crippen LogP contribution in [-0.4, -0.2) is 54.0 Å². The Hall–Kier alpha value is -2.38. The molecule has 1 aliphatic carbocycles. The molecule has 1 heterocycles. The van der Waals surface area contributed by atoms with Crippen molar-refractivity contribution in [1.29, 1.82) is 0 Å². The van der Waals surface area contributed by atoms with Crippen LogP contribution in [0, 0.1) is 11.8 Å². The number of nitrogens with one attached hydrogen (secondary N) is 1. The summed E-state index contributed by atoms with van der Waals surface area (Å²) in [5.41, 5.74) is 2.81. The van der Waals surface area contributed by atoms with Gasteiger partial charge in [-0.25, -0.2) is 4.98 Å². The average Bonchev–Trinajstić information content (AvgIpc) is 3.28. The number of Topliss-reactive ketones (excluding diaryl/α,β-unsaturated/α-hetero) is 2. The van der Waals surface area contributed by atoms with E-state index in [2.05, 4.69) is 37.9 Å². The van der Waals surface area contributed by atoms with Crippen LogP contribution in [0.3, 0.4) is 0 Å². The van der Waals surface area contributed by atoms with Gasteiger partial charge in [0.2, 0.25) is 5.91 Å². The Morgan fingerprint density at radius 1 is 1.15 bits per heavy atom. The summed E-state index contributed by atoms with van der Waals surface area (Å²) in [6.45, 7) is 10.4. The molecule has 0 saturated heterocycles. The second kappa shape index (κ2) is 14.8. The normalized spacial score (nSPS) is 16.0. The first-order valence-corrected chi connectivity index (χ1v) is 15.4. The number of nitrogens with zero attached hydrogens (tertiary/aromatic N) is 2. The van der Waals surface area contributed by atoms with Gasteiger partial charge in [0.15, 0.2) is 5.78 Å². The number of rotatable bonds is 15. The molecule has 0 radical (unpaired) electrons.